The normalized spacial score (nSPS) is 11.2. The van der Waals surface area contributed by atoms with Crippen LogP contribution in [0.5, 0.6) is 0 Å². The summed E-state index contributed by atoms with van der Waals surface area (Å²) in [6.07, 6.45) is 1.14. The molecule has 0 atom stereocenters. The molecular weight excluding hydrogens is 401 g/mol. The minimum Gasteiger partial charge on any atom is -0.322 e. The molecule has 0 bridgehead atoms. The van der Waals surface area contributed by atoms with E-state index in [2.05, 4.69) is 27.9 Å². The second-order valence-electron chi connectivity index (χ2n) is 4.71. The van der Waals surface area contributed by atoms with Crippen molar-refractivity contribution in [2.75, 3.05) is 11.6 Å². The zero-order chi connectivity index (χ0) is 15.6. The van der Waals surface area contributed by atoms with E-state index in [1.807, 2.05) is 25.1 Å². The number of anilines is 1. The quantitative estimate of drug-likeness (QED) is 0.783. The zero-order valence-electron chi connectivity index (χ0n) is 11.6. The molecule has 0 aliphatic heterocycles. The lowest BCUT2D eigenvalue weighted by molar-refractivity contribution is 0.102. The van der Waals surface area contributed by atoms with Gasteiger partial charge in [0.05, 0.1) is 4.90 Å². The Labute approximate surface area is 137 Å². The number of rotatable bonds is 3. The smallest absolute Gasteiger partial charge is 0.255 e. The Morgan fingerprint density at radius 2 is 1.71 bits per heavy atom. The first-order chi connectivity index (χ1) is 9.77. The van der Waals surface area contributed by atoms with Crippen LogP contribution in [0, 0.1) is 10.5 Å². The Balaban J connectivity index is 2.18. The maximum absolute atomic E-state index is 12.1. The lowest BCUT2D eigenvalue weighted by atomic mass is 10.2. The lowest BCUT2D eigenvalue weighted by Gasteiger charge is -2.07. The molecule has 0 heterocycles. The van der Waals surface area contributed by atoms with E-state index in [0.717, 1.165) is 15.4 Å². The molecule has 0 aliphatic rings. The van der Waals surface area contributed by atoms with Crippen LogP contribution in [0.1, 0.15) is 15.9 Å². The molecule has 0 fully saturated rings. The summed E-state index contributed by atoms with van der Waals surface area (Å²) < 4.78 is 23.8. The minimum absolute atomic E-state index is 0.198. The molecule has 110 valence electrons. The number of benzene rings is 2. The highest BCUT2D eigenvalue weighted by Gasteiger charge is 2.10. The van der Waals surface area contributed by atoms with Gasteiger partial charge in [0.15, 0.2) is 9.84 Å². The van der Waals surface area contributed by atoms with Gasteiger partial charge >= 0.3 is 0 Å². The van der Waals surface area contributed by atoms with Crippen molar-refractivity contribution in [3.05, 3.63) is 57.2 Å². The van der Waals surface area contributed by atoms with Gasteiger partial charge in [0.25, 0.3) is 5.91 Å². The van der Waals surface area contributed by atoms with Gasteiger partial charge in [0.1, 0.15) is 0 Å². The molecule has 4 nitrogen and oxygen atoms in total. The number of halogens is 1. The Kier molecular flexibility index (Phi) is 4.67. The third-order valence-corrected chi connectivity index (χ3v) is 5.27. The lowest BCUT2D eigenvalue weighted by Crippen LogP contribution is -2.12. The van der Waals surface area contributed by atoms with E-state index in [-0.39, 0.29) is 10.8 Å². The summed E-state index contributed by atoms with van der Waals surface area (Å²) in [6, 6.07) is 11.5. The van der Waals surface area contributed by atoms with Crippen LogP contribution in [0.25, 0.3) is 0 Å². The van der Waals surface area contributed by atoms with Gasteiger partial charge in [-0.2, -0.15) is 0 Å². The number of amides is 1. The Morgan fingerprint density at radius 3 is 2.24 bits per heavy atom. The topological polar surface area (TPSA) is 63.2 Å². The van der Waals surface area contributed by atoms with Crippen molar-refractivity contribution in [1.82, 2.24) is 0 Å². The largest absolute Gasteiger partial charge is 0.322 e. The van der Waals surface area contributed by atoms with E-state index in [1.54, 1.807) is 0 Å². The summed E-state index contributed by atoms with van der Waals surface area (Å²) in [6.45, 7) is 2.00. The average Bonchev–Trinajstić information content (AvgIpc) is 2.42. The molecule has 0 spiro atoms. The second kappa shape index (κ2) is 6.15. The summed E-state index contributed by atoms with van der Waals surface area (Å²) in [7, 11) is -3.25. The second-order valence-corrected chi connectivity index (χ2v) is 7.89. The van der Waals surface area contributed by atoms with Crippen LogP contribution in [-0.2, 0) is 9.84 Å². The Bertz CT molecular complexity index is 783. The molecule has 0 saturated carbocycles. The van der Waals surface area contributed by atoms with Gasteiger partial charge in [0, 0.05) is 21.1 Å². The molecule has 0 radical (unpaired) electrons. The van der Waals surface area contributed by atoms with Gasteiger partial charge in [-0.3, -0.25) is 4.79 Å². The van der Waals surface area contributed by atoms with Crippen LogP contribution in [0.15, 0.2) is 47.4 Å². The van der Waals surface area contributed by atoms with E-state index in [0.29, 0.717) is 11.3 Å². The first-order valence-corrected chi connectivity index (χ1v) is 9.12. The van der Waals surface area contributed by atoms with Gasteiger partial charge in [-0.05, 0) is 71.5 Å². The van der Waals surface area contributed by atoms with E-state index < -0.39 is 9.84 Å². The van der Waals surface area contributed by atoms with Crippen LogP contribution < -0.4 is 5.32 Å². The van der Waals surface area contributed by atoms with E-state index in [1.165, 1.54) is 24.3 Å². The van der Waals surface area contributed by atoms with Crippen molar-refractivity contribution in [3.63, 3.8) is 0 Å². The van der Waals surface area contributed by atoms with Gasteiger partial charge in [-0.15, -0.1) is 0 Å². The third kappa shape index (κ3) is 4.04. The standard InChI is InChI=1S/C15H14INO3S/c1-10-3-6-12(9-14(10)16)17-15(18)11-4-7-13(8-5-11)21(2,19)20/h3-9H,1-2H3,(H,17,18). The van der Waals surface area contributed by atoms with E-state index in [4.69, 9.17) is 0 Å². The molecular formula is C15H14INO3S. The number of nitrogens with one attached hydrogen (secondary N) is 1. The van der Waals surface area contributed by atoms with Crippen molar-refractivity contribution in [2.45, 2.75) is 11.8 Å². The highest BCUT2D eigenvalue weighted by atomic mass is 127. The van der Waals surface area contributed by atoms with Crippen LogP contribution in [-0.4, -0.2) is 20.6 Å². The molecule has 2 aromatic carbocycles. The van der Waals surface area contributed by atoms with Crippen molar-refractivity contribution >= 4 is 44.0 Å². The maximum Gasteiger partial charge on any atom is 0.255 e. The average molecular weight is 415 g/mol. The zero-order valence-corrected chi connectivity index (χ0v) is 14.5. The fraction of sp³-hybridized carbons (Fsp3) is 0.133. The predicted molar refractivity (Wildman–Crippen MR) is 91.4 cm³/mol. The highest BCUT2D eigenvalue weighted by Crippen LogP contribution is 2.18. The van der Waals surface area contributed by atoms with Crippen molar-refractivity contribution in [3.8, 4) is 0 Å². The maximum atomic E-state index is 12.1. The Morgan fingerprint density at radius 1 is 1.10 bits per heavy atom. The number of hydrogen-bond donors (Lipinski definition) is 1. The predicted octanol–water partition coefficient (Wildman–Crippen LogP) is 3.26. The molecule has 6 heteroatoms. The third-order valence-electron chi connectivity index (χ3n) is 2.97. The summed E-state index contributed by atoms with van der Waals surface area (Å²) in [4.78, 5) is 12.3. The van der Waals surface area contributed by atoms with Gasteiger partial charge < -0.3 is 5.32 Å². The number of carbonyl (C=O) groups is 1. The molecule has 21 heavy (non-hydrogen) atoms. The van der Waals surface area contributed by atoms with Crippen molar-refractivity contribution in [1.29, 1.82) is 0 Å². The summed E-state index contributed by atoms with van der Waals surface area (Å²) in [5.74, 6) is -0.269. The van der Waals surface area contributed by atoms with Gasteiger partial charge in [-0.1, -0.05) is 6.07 Å². The van der Waals surface area contributed by atoms with Gasteiger partial charge in [0.2, 0.25) is 0 Å². The first-order valence-electron chi connectivity index (χ1n) is 6.15. The van der Waals surface area contributed by atoms with Crippen molar-refractivity contribution in [2.24, 2.45) is 0 Å². The number of sulfone groups is 1. The molecule has 0 saturated heterocycles. The van der Waals surface area contributed by atoms with Crippen LogP contribution in [0.4, 0.5) is 5.69 Å². The molecule has 2 aromatic rings. The summed E-state index contributed by atoms with van der Waals surface area (Å²) in [5, 5.41) is 2.79. The monoisotopic (exact) mass is 415 g/mol. The number of aryl methyl sites for hydroxylation is 1. The summed E-state index contributed by atoms with van der Waals surface area (Å²) in [5.41, 5.74) is 2.27. The molecule has 2 rings (SSSR count). The Hall–Kier alpha value is -1.41. The fourth-order valence-corrected chi connectivity index (χ4v) is 2.87. The van der Waals surface area contributed by atoms with Crippen molar-refractivity contribution < 1.29 is 13.2 Å². The first kappa shape index (κ1) is 16.0. The molecule has 0 aromatic heterocycles. The number of carbonyl (C=O) groups excluding carboxylic acids is 1. The van der Waals surface area contributed by atoms with Crippen LogP contribution >= 0.6 is 22.6 Å². The summed E-state index contributed by atoms with van der Waals surface area (Å²) >= 11 is 2.21. The molecule has 0 unspecified atom stereocenters. The SMILES string of the molecule is Cc1ccc(NC(=O)c2ccc(S(C)(=O)=O)cc2)cc1I. The van der Waals surface area contributed by atoms with E-state index in [9.17, 15) is 13.2 Å². The minimum atomic E-state index is -3.25. The van der Waals surface area contributed by atoms with Crippen LogP contribution in [0.2, 0.25) is 0 Å². The fourth-order valence-electron chi connectivity index (χ4n) is 1.73. The van der Waals surface area contributed by atoms with Crippen LogP contribution in [0.3, 0.4) is 0 Å². The highest BCUT2D eigenvalue weighted by molar-refractivity contribution is 14.1. The molecule has 1 amide bonds. The molecule has 1 N–H and O–H groups in total. The number of hydrogen-bond acceptors (Lipinski definition) is 3. The van der Waals surface area contributed by atoms with E-state index >= 15 is 0 Å². The molecule has 0 aliphatic carbocycles. The van der Waals surface area contributed by atoms with Gasteiger partial charge in [-0.25, -0.2) is 8.42 Å².